The van der Waals surface area contributed by atoms with Gasteiger partial charge in [-0.1, -0.05) is 13.3 Å². The molecule has 1 saturated heterocycles. The molecule has 1 heterocycles. The van der Waals surface area contributed by atoms with E-state index in [1.165, 1.54) is 5.69 Å². The van der Waals surface area contributed by atoms with Crippen LogP contribution in [0.4, 0.5) is 11.4 Å². The van der Waals surface area contributed by atoms with Crippen LogP contribution in [0.5, 0.6) is 0 Å². The van der Waals surface area contributed by atoms with E-state index < -0.39 is 0 Å². The number of rotatable bonds is 7. The molecule has 2 N–H and O–H groups in total. The Hall–Kier alpha value is -1.75. The molecular formula is C17H28N4O. The fourth-order valence-electron chi connectivity index (χ4n) is 2.50. The topological polar surface area (TPSA) is 47.6 Å². The monoisotopic (exact) mass is 304 g/mol. The summed E-state index contributed by atoms with van der Waals surface area (Å²) in [6.07, 6.45) is 2.13. The Morgan fingerprint density at radius 3 is 2.45 bits per heavy atom. The van der Waals surface area contributed by atoms with Crippen molar-refractivity contribution in [3.63, 3.8) is 0 Å². The minimum absolute atomic E-state index is 0.0524. The van der Waals surface area contributed by atoms with E-state index in [1.807, 2.05) is 12.1 Å². The first kappa shape index (κ1) is 16.6. The summed E-state index contributed by atoms with van der Waals surface area (Å²) in [7, 11) is 2.16. The highest BCUT2D eigenvalue weighted by atomic mass is 16.1. The van der Waals surface area contributed by atoms with Crippen molar-refractivity contribution in [1.29, 1.82) is 0 Å². The molecule has 0 saturated carbocycles. The maximum Gasteiger partial charge on any atom is 0.239 e. The average Bonchev–Trinajstić information content (AvgIpc) is 2.54. The standard InChI is InChI=1S/C17H28N4O/c1-3-4-9-18-17(22)14-19-15-5-7-16(8-6-15)21-12-10-20(2)11-13-21/h5-8,19H,3-4,9-14H2,1-2H3,(H,18,22). The molecule has 22 heavy (non-hydrogen) atoms. The first-order valence-electron chi connectivity index (χ1n) is 8.23. The number of hydrogen-bond donors (Lipinski definition) is 2. The fourth-order valence-corrected chi connectivity index (χ4v) is 2.50. The molecule has 2 rings (SSSR count). The molecule has 0 atom stereocenters. The van der Waals surface area contributed by atoms with Gasteiger partial charge in [-0.25, -0.2) is 0 Å². The molecule has 0 aliphatic carbocycles. The minimum Gasteiger partial charge on any atom is -0.376 e. The highest BCUT2D eigenvalue weighted by Crippen LogP contribution is 2.19. The number of carbonyl (C=O) groups excluding carboxylic acids is 1. The smallest absolute Gasteiger partial charge is 0.239 e. The van der Waals surface area contributed by atoms with Gasteiger partial charge < -0.3 is 20.4 Å². The number of likely N-dealkylation sites (N-methyl/N-ethyl adjacent to an activating group) is 1. The van der Waals surface area contributed by atoms with Crippen LogP contribution >= 0.6 is 0 Å². The van der Waals surface area contributed by atoms with Crippen molar-refractivity contribution in [3.8, 4) is 0 Å². The highest BCUT2D eigenvalue weighted by Gasteiger charge is 2.13. The van der Waals surface area contributed by atoms with Crippen LogP contribution in [0.25, 0.3) is 0 Å². The van der Waals surface area contributed by atoms with E-state index in [4.69, 9.17) is 0 Å². The van der Waals surface area contributed by atoms with E-state index in [1.54, 1.807) is 0 Å². The number of nitrogens with zero attached hydrogens (tertiary/aromatic N) is 2. The SMILES string of the molecule is CCCCNC(=O)CNc1ccc(N2CCN(C)CC2)cc1. The first-order chi connectivity index (χ1) is 10.7. The Labute approximate surface area is 133 Å². The fraction of sp³-hybridized carbons (Fsp3) is 0.588. The van der Waals surface area contributed by atoms with E-state index in [-0.39, 0.29) is 5.91 Å². The quantitative estimate of drug-likeness (QED) is 0.754. The van der Waals surface area contributed by atoms with E-state index in [9.17, 15) is 4.79 Å². The lowest BCUT2D eigenvalue weighted by molar-refractivity contribution is -0.119. The third-order valence-electron chi connectivity index (χ3n) is 4.04. The number of benzene rings is 1. The van der Waals surface area contributed by atoms with Crippen molar-refractivity contribution >= 4 is 17.3 Å². The first-order valence-corrected chi connectivity index (χ1v) is 8.23. The van der Waals surface area contributed by atoms with Crippen LogP contribution in [0.3, 0.4) is 0 Å². The van der Waals surface area contributed by atoms with Gasteiger partial charge in [0.2, 0.25) is 5.91 Å². The molecule has 1 aliphatic rings. The van der Waals surface area contributed by atoms with Crippen LogP contribution in [0.1, 0.15) is 19.8 Å². The predicted octanol–water partition coefficient (Wildman–Crippen LogP) is 1.77. The van der Waals surface area contributed by atoms with E-state index in [0.29, 0.717) is 6.54 Å². The van der Waals surface area contributed by atoms with Gasteiger partial charge in [-0.2, -0.15) is 0 Å². The summed E-state index contributed by atoms with van der Waals surface area (Å²) in [5.41, 5.74) is 2.24. The molecule has 0 radical (unpaired) electrons. The van der Waals surface area contributed by atoms with Crippen LogP contribution in [0.15, 0.2) is 24.3 Å². The zero-order chi connectivity index (χ0) is 15.8. The summed E-state index contributed by atoms with van der Waals surface area (Å²) in [6.45, 7) is 7.57. The Morgan fingerprint density at radius 2 is 1.82 bits per heavy atom. The van der Waals surface area contributed by atoms with E-state index in [0.717, 1.165) is 51.3 Å². The van der Waals surface area contributed by atoms with Crippen LogP contribution in [0, 0.1) is 0 Å². The molecule has 5 heteroatoms. The van der Waals surface area contributed by atoms with Crippen molar-refractivity contribution in [2.75, 3.05) is 56.5 Å². The van der Waals surface area contributed by atoms with Crippen LogP contribution in [-0.2, 0) is 4.79 Å². The largest absolute Gasteiger partial charge is 0.376 e. The molecule has 1 aromatic rings. The zero-order valence-electron chi connectivity index (χ0n) is 13.8. The van der Waals surface area contributed by atoms with Crippen molar-refractivity contribution in [1.82, 2.24) is 10.2 Å². The Morgan fingerprint density at radius 1 is 1.14 bits per heavy atom. The van der Waals surface area contributed by atoms with E-state index in [2.05, 4.69) is 46.5 Å². The van der Waals surface area contributed by atoms with Gasteiger partial charge in [0.1, 0.15) is 0 Å². The van der Waals surface area contributed by atoms with Crippen LogP contribution < -0.4 is 15.5 Å². The molecule has 0 aromatic heterocycles. The lowest BCUT2D eigenvalue weighted by Crippen LogP contribution is -2.44. The van der Waals surface area contributed by atoms with Crippen molar-refractivity contribution in [2.45, 2.75) is 19.8 Å². The molecule has 0 spiro atoms. The maximum absolute atomic E-state index is 11.6. The number of hydrogen-bond acceptors (Lipinski definition) is 4. The zero-order valence-corrected chi connectivity index (χ0v) is 13.8. The summed E-state index contributed by atoms with van der Waals surface area (Å²) >= 11 is 0. The van der Waals surface area contributed by atoms with Gasteiger partial charge in [0.15, 0.2) is 0 Å². The van der Waals surface area contributed by atoms with Crippen LogP contribution in [-0.4, -0.2) is 57.1 Å². The van der Waals surface area contributed by atoms with Gasteiger partial charge >= 0.3 is 0 Å². The minimum atomic E-state index is 0.0524. The lowest BCUT2D eigenvalue weighted by atomic mass is 10.2. The van der Waals surface area contributed by atoms with Gasteiger partial charge in [-0.05, 0) is 37.7 Å². The Balaban J connectivity index is 1.76. The Kier molecular flexibility index (Phi) is 6.52. The molecule has 1 aliphatic heterocycles. The molecular weight excluding hydrogens is 276 g/mol. The lowest BCUT2D eigenvalue weighted by Gasteiger charge is -2.34. The van der Waals surface area contributed by atoms with Crippen molar-refractivity contribution in [2.24, 2.45) is 0 Å². The molecule has 1 aromatic carbocycles. The van der Waals surface area contributed by atoms with E-state index >= 15 is 0 Å². The number of anilines is 2. The van der Waals surface area contributed by atoms with Crippen molar-refractivity contribution in [3.05, 3.63) is 24.3 Å². The molecule has 5 nitrogen and oxygen atoms in total. The number of unbranched alkanes of at least 4 members (excludes halogenated alkanes) is 1. The second kappa shape index (κ2) is 8.63. The Bertz CT molecular complexity index is 452. The number of carbonyl (C=O) groups is 1. The molecule has 0 bridgehead atoms. The third kappa shape index (κ3) is 5.22. The van der Waals surface area contributed by atoms with Gasteiger partial charge in [0, 0.05) is 44.1 Å². The van der Waals surface area contributed by atoms with Gasteiger partial charge in [-0.15, -0.1) is 0 Å². The summed E-state index contributed by atoms with van der Waals surface area (Å²) < 4.78 is 0. The number of nitrogens with one attached hydrogen (secondary N) is 2. The highest BCUT2D eigenvalue weighted by molar-refractivity contribution is 5.80. The van der Waals surface area contributed by atoms with Gasteiger partial charge in [-0.3, -0.25) is 4.79 Å². The molecule has 0 unspecified atom stereocenters. The molecule has 1 fully saturated rings. The number of piperazine rings is 1. The normalized spacial score (nSPS) is 15.6. The third-order valence-corrected chi connectivity index (χ3v) is 4.04. The van der Waals surface area contributed by atoms with Gasteiger partial charge in [0.25, 0.3) is 0 Å². The average molecular weight is 304 g/mol. The molecule has 122 valence electrons. The summed E-state index contributed by atoms with van der Waals surface area (Å²) in [6, 6.07) is 8.35. The summed E-state index contributed by atoms with van der Waals surface area (Å²) in [5, 5.41) is 6.08. The van der Waals surface area contributed by atoms with Crippen LogP contribution in [0.2, 0.25) is 0 Å². The molecule has 1 amide bonds. The maximum atomic E-state index is 11.6. The predicted molar refractivity (Wildman–Crippen MR) is 92.6 cm³/mol. The van der Waals surface area contributed by atoms with Crippen molar-refractivity contribution < 1.29 is 4.79 Å². The number of amides is 1. The van der Waals surface area contributed by atoms with Gasteiger partial charge in [0.05, 0.1) is 6.54 Å². The second-order valence-electron chi connectivity index (χ2n) is 5.89. The second-order valence-corrected chi connectivity index (χ2v) is 5.89. The summed E-state index contributed by atoms with van der Waals surface area (Å²) in [4.78, 5) is 16.4. The summed E-state index contributed by atoms with van der Waals surface area (Å²) in [5.74, 6) is 0.0524.